The van der Waals surface area contributed by atoms with Gasteiger partial charge in [-0.25, -0.2) is 8.78 Å². The van der Waals surface area contributed by atoms with Crippen LogP contribution in [0.4, 0.5) is 8.78 Å². The highest BCUT2D eigenvalue weighted by atomic mass is 35.5. The predicted molar refractivity (Wildman–Crippen MR) is 111 cm³/mol. The topological polar surface area (TPSA) is 55.8 Å². The number of ketones is 1. The van der Waals surface area contributed by atoms with Crippen LogP contribution in [0.25, 0.3) is 6.08 Å². The van der Waals surface area contributed by atoms with Gasteiger partial charge < -0.3 is 14.4 Å². The Balaban J connectivity index is 1.37. The van der Waals surface area contributed by atoms with E-state index in [2.05, 4.69) is 0 Å². The molecule has 162 valence electrons. The van der Waals surface area contributed by atoms with Crippen molar-refractivity contribution in [2.45, 2.75) is 12.8 Å². The van der Waals surface area contributed by atoms with Crippen LogP contribution in [0.3, 0.4) is 0 Å². The van der Waals surface area contributed by atoms with Gasteiger partial charge in [0.25, 0.3) is 0 Å². The lowest BCUT2D eigenvalue weighted by Crippen LogP contribution is -2.39. The highest BCUT2D eigenvalue weighted by Crippen LogP contribution is 2.38. The van der Waals surface area contributed by atoms with E-state index in [0.29, 0.717) is 61.2 Å². The lowest BCUT2D eigenvalue weighted by atomic mass is 9.88. The SMILES string of the molecule is O=C(c1cc(F)ccc1F)C1CCN(C(=O)/C=C/c2cc(Cl)c3c(c2)OCCO3)CC1. The summed E-state index contributed by atoms with van der Waals surface area (Å²) in [5, 5.41) is 0.410. The number of likely N-dealkylation sites (tertiary alicyclic amines) is 1. The zero-order chi connectivity index (χ0) is 22.0. The van der Waals surface area contributed by atoms with Crippen molar-refractivity contribution in [2.24, 2.45) is 5.92 Å². The van der Waals surface area contributed by atoms with E-state index in [9.17, 15) is 18.4 Å². The van der Waals surface area contributed by atoms with Crippen LogP contribution in [-0.4, -0.2) is 42.9 Å². The number of halogens is 3. The van der Waals surface area contributed by atoms with Gasteiger partial charge in [-0.3, -0.25) is 9.59 Å². The fourth-order valence-corrected chi connectivity index (χ4v) is 4.04. The molecule has 1 amide bonds. The monoisotopic (exact) mass is 447 g/mol. The molecule has 8 heteroatoms. The number of nitrogens with zero attached hydrogens (tertiary/aromatic N) is 1. The minimum atomic E-state index is -0.731. The van der Waals surface area contributed by atoms with Crippen molar-refractivity contribution in [3.63, 3.8) is 0 Å². The number of piperidine rings is 1. The first-order valence-electron chi connectivity index (χ1n) is 9.98. The van der Waals surface area contributed by atoms with Crippen molar-refractivity contribution in [1.82, 2.24) is 4.90 Å². The molecule has 2 aromatic rings. The molecule has 2 heterocycles. The summed E-state index contributed by atoms with van der Waals surface area (Å²) in [7, 11) is 0. The Morgan fingerprint density at radius 1 is 1.06 bits per heavy atom. The molecular formula is C23H20ClF2NO4. The molecule has 5 nitrogen and oxygen atoms in total. The van der Waals surface area contributed by atoms with Crippen LogP contribution in [0.15, 0.2) is 36.4 Å². The summed E-state index contributed by atoms with van der Waals surface area (Å²) in [6.45, 7) is 1.59. The van der Waals surface area contributed by atoms with E-state index >= 15 is 0 Å². The van der Waals surface area contributed by atoms with Crippen molar-refractivity contribution in [1.29, 1.82) is 0 Å². The minimum Gasteiger partial charge on any atom is -0.486 e. The lowest BCUT2D eigenvalue weighted by molar-refractivity contribution is -0.127. The summed E-state index contributed by atoms with van der Waals surface area (Å²) in [5.74, 6) is -1.42. The second kappa shape index (κ2) is 9.06. The van der Waals surface area contributed by atoms with E-state index in [1.54, 1.807) is 23.1 Å². The zero-order valence-electron chi connectivity index (χ0n) is 16.6. The Morgan fingerprint density at radius 3 is 2.58 bits per heavy atom. The molecule has 1 fully saturated rings. The predicted octanol–water partition coefficient (Wildman–Crippen LogP) is 4.52. The van der Waals surface area contributed by atoms with Gasteiger partial charge in [-0.15, -0.1) is 0 Å². The number of fused-ring (bicyclic) bond motifs is 1. The van der Waals surface area contributed by atoms with Gasteiger partial charge >= 0.3 is 0 Å². The minimum absolute atomic E-state index is 0.200. The molecule has 0 bridgehead atoms. The maximum absolute atomic E-state index is 13.9. The molecule has 4 rings (SSSR count). The summed E-state index contributed by atoms with van der Waals surface area (Å²) in [5.41, 5.74) is 0.467. The maximum Gasteiger partial charge on any atom is 0.246 e. The third-order valence-electron chi connectivity index (χ3n) is 5.41. The highest BCUT2D eigenvalue weighted by molar-refractivity contribution is 6.32. The summed E-state index contributed by atoms with van der Waals surface area (Å²) < 4.78 is 38.3. The van der Waals surface area contributed by atoms with Crippen molar-refractivity contribution < 1.29 is 27.8 Å². The first kappa shape index (κ1) is 21.3. The van der Waals surface area contributed by atoms with E-state index in [0.717, 1.165) is 18.2 Å². The molecule has 1 saturated heterocycles. The van der Waals surface area contributed by atoms with E-state index in [1.165, 1.54) is 6.08 Å². The van der Waals surface area contributed by atoms with Crippen LogP contribution in [0, 0.1) is 17.6 Å². The van der Waals surface area contributed by atoms with Gasteiger partial charge in [0.2, 0.25) is 5.91 Å². The van der Waals surface area contributed by atoms with Gasteiger partial charge in [-0.05, 0) is 54.8 Å². The number of amides is 1. The molecule has 2 aliphatic heterocycles. The van der Waals surface area contributed by atoms with Gasteiger partial charge in [0.05, 0.1) is 10.6 Å². The Bertz CT molecular complexity index is 1050. The molecule has 0 atom stereocenters. The first-order valence-corrected chi connectivity index (χ1v) is 10.4. The van der Waals surface area contributed by atoms with E-state index in [-0.39, 0.29) is 11.5 Å². The number of ether oxygens (including phenoxy) is 2. The second-order valence-electron chi connectivity index (χ2n) is 7.45. The van der Waals surface area contributed by atoms with Gasteiger partial charge in [0.15, 0.2) is 17.3 Å². The summed E-state index contributed by atoms with van der Waals surface area (Å²) in [6.07, 6.45) is 3.87. The van der Waals surface area contributed by atoms with Crippen LogP contribution in [0.1, 0.15) is 28.8 Å². The van der Waals surface area contributed by atoms with E-state index < -0.39 is 23.3 Å². The number of benzene rings is 2. The summed E-state index contributed by atoms with van der Waals surface area (Å²) >= 11 is 6.21. The maximum atomic E-state index is 13.9. The Kier molecular flexibility index (Phi) is 6.23. The van der Waals surface area contributed by atoms with Crippen LogP contribution in [0.5, 0.6) is 11.5 Å². The van der Waals surface area contributed by atoms with Crippen molar-refractivity contribution in [3.8, 4) is 11.5 Å². The number of Topliss-reactive ketones (excluding diaryl/α,β-unsaturated/α-hetero) is 1. The number of hydrogen-bond acceptors (Lipinski definition) is 4. The largest absolute Gasteiger partial charge is 0.486 e. The second-order valence-corrected chi connectivity index (χ2v) is 7.86. The Hall–Kier alpha value is -2.93. The van der Waals surface area contributed by atoms with Gasteiger partial charge in [-0.2, -0.15) is 0 Å². The van der Waals surface area contributed by atoms with Crippen LogP contribution < -0.4 is 9.47 Å². The molecule has 0 radical (unpaired) electrons. The van der Waals surface area contributed by atoms with E-state index in [1.807, 2.05) is 0 Å². The smallest absolute Gasteiger partial charge is 0.246 e. The summed E-state index contributed by atoms with van der Waals surface area (Å²) in [6, 6.07) is 6.31. The quantitative estimate of drug-likeness (QED) is 0.510. The Morgan fingerprint density at radius 2 is 1.81 bits per heavy atom. The number of carbonyl (C=O) groups excluding carboxylic acids is 2. The third-order valence-corrected chi connectivity index (χ3v) is 5.69. The lowest BCUT2D eigenvalue weighted by Gasteiger charge is -2.30. The molecule has 0 saturated carbocycles. The van der Waals surface area contributed by atoms with Crippen LogP contribution in [-0.2, 0) is 4.79 Å². The number of hydrogen-bond donors (Lipinski definition) is 0. The first-order chi connectivity index (χ1) is 14.9. The number of rotatable bonds is 4. The molecule has 2 aromatic carbocycles. The number of carbonyl (C=O) groups is 2. The molecular weight excluding hydrogens is 428 g/mol. The van der Waals surface area contributed by atoms with Crippen molar-refractivity contribution in [3.05, 3.63) is 64.2 Å². The van der Waals surface area contributed by atoms with Crippen LogP contribution in [0.2, 0.25) is 5.02 Å². The molecule has 0 aliphatic carbocycles. The molecule has 31 heavy (non-hydrogen) atoms. The normalized spacial score (nSPS) is 16.5. The Labute approximate surface area is 183 Å². The molecule has 0 unspecified atom stereocenters. The summed E-state index contributed by atoms with van der Waals surface area (Å²) in [4.78, 5) is 26.7. The van der Waals surface area contributed by atoms with E-state index in [4.69, 9.17) is 21.1 Å². The zero-order valence-corrected chi connectivity index (χ0v) is 17.3. The average Bonchev–Trinajstić information content (AvgIpc) is 2.79. The molecule has 0 N–H and O–H groups in total. The molecule has 0 aromatic heterocycles. The molecule has 0 spiro atoms. The average molecular weight is 448 g/mol. The molecule has 2 aliphatic rings. The highest BCUT2D eigenvalue weighted by Gasteiger charge is 2.29. The van der Waals surface area contributed by atoms with Crippen molar-refractivity contribution >= 4 is 29.4 Å². The fraction of sp³-hybridized carbons (Fsp3) is 0.304. The third kappa shape index (κ3) is 4.71. The fourth-order valence-electron chi connectivity index (χ4n) is 3.77. The van der Waals surface area contributed by atoms with Gasteiger partial charge in [0.1, 0.15) is 24.8 Å². The van der Waals surface area contributed by atoms with Crippen molar-refractivity contribution in [2.75, 3.05) is 26.3 Å². The van der Waals surface area contributed by atoms with Gasteiger partial charge in [-0.1, -0.05) is 11.6 Å². The standard InChI is InChI=1S/C23H20ClF2NO4/c24-18-11-14(12-20-23(18)31-10-9-30-20)1-4-21(28)27-7-5-15(6-8-27)22(29)17-13-16(25)2-3-19(17)26/h1-4,11-13,15H,5-10H2/b4-1+. The van der Waals surface area contributed by atoms with Gasteiger partial charge in [0, 0.05) is 25.1 Å². The van der Waals surface area contributed by atoms with Crippen LogP contribution >= 0.6 is 11.6 Å².